The third kappa shape index (κ3) is 2.86. The van der Waals surface area contributed by atoms with Crippen molar-refractivity contribution in [1.29, 1.82) is 0 Å². The zero-order valence-electron chi connectivity index (χ0n) is 10.2. The highest BCUT2D eigenvalue weighted by molar-refractivity contribution is 5.96. The van der Waals surface area contributed by atoms with E-state index in [0.29, 0.717) is 18.6 Å². The summed E-state index contributed by atoms with van der Waals surface area (Å²) in [5.41, 5.74) is 6.57. The van der Waals surface area contributed by atoms with Crippen LogP contribution in [-0.4, -0.2) is 23.0 Å². The molecule has 1 aromatic carbocycles. The number of nitrogens with one attached hydrogen (secondary N) is 1. The summed E-state index contributed by atoms with van der Waals surface area (Å²) in [4.78, 5) is 14.6. The van der Waals surface area contributed by atoms with Gasteiger partial charge in [0.15, 0.2) is 0 Å². The van der Waals surface area contributed by atoms with Crippen LogP contribution in [0, 0.1) is 10.1 Å². The molecule has 0 fully saturated rings. The van der Waals surface area contributed by atoms with Crippen molar-refractivity contribution < 1.29 is 4.92 Å². The number of rotatable bonds is 5. The highest BCUT2D eigenvalue weighted by Crippen LogP contribution is 2.28. The van der Waals surface area contributed by atoms with Gasteiger partial charge in [0.25, 0.3) is 5.69 Å². The van der Waals surface area contributed by atoms with Crippen LogP contribution in [0.5, 0.6) is 0 Å². The Labute approximate surface area is 110 Å². The van der Waals surface area contributed by atoms with Gasteiger partial charge in [0.1, 0.15) is 5.52 Å². The van der Waals surface area contributed by atoms with Gasteiger partial charge in [0.2, 0.25) is 0 Å². The zero-order valence-corrected chi connectivity index (χ0v) is 10.2. The quantitative estimate of drug-likeness (QED) is 0.486. The van der Waals surface area contributed by atoms with Crippen molar-refractivity contribution in [1.82, 2.24) is 4.98 Å². The molecule has 0 saturated carbocycles. The zero-order chi connectivity index (χ0) is 13.7. The highest BCUT2D eigenvalue weighted by Gasteiger charge is 2.13. The number of pyridine rings is 1. The van der Waals surface area contributed by atoms with Gasteiger partial charge < -0.3 is 11.1 Å². The number of hydrogen-bond donors (Lipinski definition) is 2. The second kappa shape index (κ2) is 5.92. The van der Waals surface area contributed by atoms with E-state index in [0.717, 1.165) is 11.1 Å². The van der Waals surface area contributed by atoms with Crippen molar-refractivity contribution in [3.8, 4) is 0 Å². The molecule has 0 spiro atoms. The second-order valence-electron chi connectivity index (χ2n) is 3.88. The fourth-order valence-electron chi connectivity index (χ4n) is 1.81. The lowest BCUT2D eigenvalue weighted by Crippen LogP contribution is -2.01. The maximum Gasteiger partial charge on any atom is 0.295 e. The van der Waals surface area contributed by atoms with Crippen molar-refractivity contribution in [2.24, 2.45) is 5.73 Å². The van der Waals surface area contributed by atoms with E-state index in [2.05, 4.69) is 10.3 Å². The number of anilines is 1. The molecular formula is C13H14N4O2. The van der Waals surface area contributed by atoms with E-state index in [1.54, 1.807) is 18.3 Å². The Bertz CT molecular complexity index is 625. The fraction of sp³-hybridized carbons (Fsp3) is 0.154. The highest BCUT2D eigenvalue weighted by atomic mass is 16.6. The minimum absolute atomic E-state index is 0.0126. The van der Waals surface area contributed by atoms with Crippen molar-refractivity contribution >= 4 is 22.3 Å². The Morgan fingerprint density at radius 1 is 1.37 bits per heavy atom. The first-order valence-electron chi connectivity index (χ1n) is 5.85. The molecule has 1 aromatic heterocycles. The molecule has 0 aliphatic carbocycles. The van der Waals surface area contributed by atoms with Crippen LogP contribution < -0.4 is 11.1 Å². The standard InChI is InChI=1S/C13H14N4O2/c14-7-1-2-8-15-11-6-9-16-13-10(11)4-3-5-12(13)17(18)19/h1-6,9H,7-8,14H2,(H,15,16)/b2-1+. The second-order valence-corrected chi connectivity index (χ2v) is 3.88. The molecule has 0 amide bonds. The van der Waals surface area contributed by atoms with Crippen molar-refractivity contribution in [2.45, 2.75) is 0 Å². The fourth-order valence-corrected chi connectivity index (χ4v) is 1.81. The Hall–Kier alpha value is -2.47. The summed E-state index contributed by atoms with van der Waals surface area (Å²) in [7, 11) is 0. The van der Waals surface area contributed by atoms with Gasteiger partial charge in [0, 0.05) is 36.4 Å². The minimum atomic E-state index is -0.423. The third-order valence-corrected chi connectivity index (χ3v) is 2.66. The number of aromatic nitrogens is 1. The SMILES string of the molecule is NC/C=C/CNc1ccnc2c([N+](=O)[O-])cccc12. The molecular weight excluding hydrogens is 244 g/mol. The molecule has 0 aliphatic rings. The molecule has 0 aliphatic heterocycles. The first-order valence-corrected chi connectivity index (χ1v) is 5.85. The lowest BCUT2D eigenvalue weighted by atomic mass is 10.1. The van der Waals surface area contributed by atoms with E-state index in [1.165, 1.54) is 6.07 Å². The van der Waals surface area contributed by atoms with Crippen molar-refractivity contribution in [3.63, 3.8) is 0 Å². The van der Waals surface area contributed by atoms with Crippen LogP contribution in [-0.2, 0) is 0 Å². The number of benzene rings is 1. The molecule has 0 saturated heterocycles. The number of non-ortho nitro benzene ring substituents is 1. The molecule has 6 nitrogen and oxygen atoms in total. The molecule has 2 aromatic rings. The van der Waals surface area contributed by atoms with E-state index in [9.17, 15) is 10.1 Å². The Balaban J connectivity index is 2.38. The first kappa shape index (κ1) is 13.0. The van der Waals surface area contributed by atoms with E-state index < -0.39 is 4.92 Å². The van der Waals surface area contributed by atoms with E-state index in [4.69, 9.17) is 5.73 Å². The predicted octanol–water partition coefficient (Wildman–Crippen LogP) is 2.07. The van der Waals surface area contributed by atoms with Gasteiger partial charge in [-0.15, -0.1) is 0 Å². The van der Waals surface area contributed by atoms with Gasteiger partial charge in [-0.1, -0.05) is 24.3 Å². The van der Waals surface area contributed by atoms with E-state index in [1.807, 2.05) is 18.2 Å². The molecule has 0 unspecified atom stereocenters. The summed E-state index contributed by atoms with van der Waals surface area (Å²) in [6.07, 6.45) is 5.31. The minimum Gasteiger partial charge on any atom is -0.381 e. The Morgan fingerprint density at radius 2 is 2.21 bits per heavy atom. The predicted molar refractivity (Wildman–Crippen MR) is 75.1 cm³/mol. The van der Waals surface area contributed by atoms with Crippen molar-refractivity contribution in [2.75, 3.05) is 18.4 Å². The maximum atomic E-state index is 10.9. The summed E-state index contributed by atoms with van der Waals surface area (Å²) in [5.74, 6) is 0. The number of hydrogen-bond acceptors (Lipinski definition) is 5. The largest absolute Gasteiger partial charge is 0.381 e. The van der Waals surface area contributed by atoms with Gasteiger partial charge in [-0.05, 0) is 6.07 Å². The number of nitro benzene ring substituents is 1. The van der Waals surface area contributed by atoms with Gasteiger partial charge >= 0.3 is 0 Å². The maximum absolute atomic E-state index is 10.9. The lowest BCUT2D eigenvalue weighted by Gasteiger charge is -2.07. The average molecular weight is 258 g/mol. The molecule has 1 heterocycles. The molecule has 0 atom stereocenters. The molecule has 2 rings (SSSR count). The molecule has 0 bridgehead atoms. The summed E-state index contributed by atoms with van der Waals surface area (Å²) in [6, 6.07) is 6.71. The molecule has 19 heavy (non-hydrogen) atoms. The normalized spacial score (nSPS) is 11.0. The summed E-state index contributed by atoms with van der Waals surface area (Å²) in [6.45, 7) is 1.10. The van der Waals surface area contributed by atoms with Gasteiger partial charge in [-0.2, -0.15) is 0 Å². The third-order valence-electron chi connectivity index (χ3n) is 2.66. The van der Waals surface area contributed by atoms with E-state index >= 15 is 0 Å². The average Bonchev–Trinajstić information content (AvgIpc) is 2.43. The molecule has 3 N–H and O–H groups in total. The summed E-state index contributed by atoms with van der Waals surface area (Å²) >= 11 is 0. The van der Waals surface area contributed by atoms with Gasteiger partial charge in [-0.3, -0.25) is 10.1 Å². The first-order chi connectivity index (χ1) is 9.24. The number of fused-ring (bicyclic) bond motifs is 1. The van der Waals surface area contributed by atoms with Gasteiger partial charge in [-0.25, -0.2) is 4.98 Å². The molecule has 6 heteroatoms. The van der Waals surface area contributed by atoms with Crippen molar-refractivity contribution in [3.05, 3.63) is 52.7 Å². The smallest absolute Gasteiger partial charge is 0.295 e. The number of nitro groups is 1. The Kier molecular flexibility index (Phi) is 4.04. The topological polar surface area (TPSA) is 94.1 Å². The van der Waals surface area contributed by atoms with Crippen LogP contribution in [0.15, 0.2) is 42.6 Å². The van der Waals surface area contributed by atoms with Crippen LogP contribution >= 0.6 is 0 Å². The van der Waals surface area contributed by atoms with Crippen LogP contribution in [0.2, 0.25) is 0 Å². The van der Waals surface area contributed by atoms with Gasteiger partial charge in [0.05, 0.1) is 4.92 Å². The Morgan fingerprint density at radius 3 is 2.95 bits per heavy atom. The van der Waals surface area contributed by atoms with Crippen LogP contribution in [0.1, 0.15) is 0 Å². The van der Waals surface area contributed by atoms with Crippen LogP contribution in [0.3, 0.4) is 0 Å². The molecule has 98 valence electrons. The number of nitrogens with two attached hydrogens (primary N) is 1. The summed E-state index contributed by atoms with van der Waals surface area (Å²) in [5, 5.41) is 14.9. The van der Waals surface area contributed by atoms with Crippen LogP contribution in [0.4, 0.5) is 11.4 Å². The number of para-hydroxylation sites is 1. The van der Waals surface area contributed by atoms with Crippen LogP contribution in [0.25, 0.3) is 10.9 Å². The molecule has 0 radical (unpaired) electrons. The van der Waals surface area contributed by atoms with E-state index in [-0.39, 0.29) is 5.69 Å². The monoisotopic (exact) mass is 258 g/mol. The number of nitrogens with zero attached hydrogens (tertiary/aromatic N) is 2. The summed E-state index contributed by atoms with van der Waals surface area (Å²) < 4.78 is 0. The lowest BCUT2D eigenvalue weighted by molar-refractivity contribution is -0.383.